The molecule has 6 atom stereocenters. The lowest BCUT2D eigenvalue weighted by Crippen LogP contribution is -2.33. The van der Waals surface area contributed by atoms with Gasteiger partial charge in [-0.15, -0.1) is 0 Å². The molecule has 0 aromatic carbocycles. The normalized spacial score (nSPS) is 34.2. The predicted molar refractivity (Wildman–Crippen MR) is 110 cm³/mol. The van der Waals surface area contributed by atoms with Gasteiger partial charge in [-0.3, -0.25) is 23.7 Å². The van der Waals surface area contributed by atoms with Gasteiger partial charge in [0.25, 0.3) is 0 Å². The SMILES string of the molecule is C=N/C=C\C=C(/C)C1CCOP(=O)(Nc2ccn([C@@H]3O[C@H](CO)C(O)C3F)c(=O)n2)O1. The van der Waals surface area contributed by atoms with Crippen LogP contribution in [0.3, 0.4) is 0 Å². The molecule has 170 valence electrons. The first-order chi connectivity index (χ1) is 14.8. The Morgan fingerprint density at radius 3 is 3.00 bits per heavy atom. The maximum Gasteiger partial charge on any atom is 0.434 e. The highest BCUT2D eigenvalue weighted by Gasteiger charge is 2.45. The van der Waals surface area contributed by atoms with E-state index in [-0.39, 0.29) is 12.4 Å². The molecule has 0 spiro atoms. The summed E-state index contributed by atoms with van der Waals surface area (Å²) in [7, 11) is -3.82. The number of hydrogen-bond donors (Lipinski definition) is 3. The summed E-state index contributed by atoms with van der Waals surface area (Å²) in [5.74, 6) is -0.102. The quantitative estimate of drug-likeness (QED) is 0.313. The smallest absolute Gasteiger partial charge is 0.394 e. The fourth-order valence-corrected chi connectivity index (χ4v) is 4.69. The molecular formula is C18H24FN4O7P. The molecule has 3 heterocycles. The number of anilines is 1. The van der Waals surface area contributed by atoms with Crippen molar-refractivity contribution >= 4 is 20.3 Å². The summed E-state index contributed by atoms with van der Waals surface area (Å²) in [5.41, 5.74) is -0.125. The van der Waals surface area contributed by atoms with Gasteiger partial charge < -0.3 is 14.9 Å². The summed E-state index contributed by atoms with van der Waals surface area (Å²) >= 11 is 0. The number of halogens is 1. The van der Waals surface area contributed by atoms with E-state index >= 15 is 0 Å². The minimum Gasteiger partial charge on any atom is -0.394 e. The van der Waals surface area contributed by atoms with Crippen LogP contribution < -0.4 is 10.8 Å². The number of ether oxygens (including phenoxy) is 1. The number of aliphatic hydroxyl groups excluding tert-OH is 2. The molecule has 2 fully saturated rings. The Bertz CT molecular complexity index is 968. The van der Waals surface area contributed by atoms with Gasteiger partial charge in [0.15, 0.2) is 12.4 Å². The average molecular weight is 458 g/mol. The number of nitrogens with zero attached hydrogens (tertiary/aromatic N) is 3. The summed E-state index contributed by atoms with van der Waals surface area (Å²) in [6.07, 6.45) is -0.0410. The van der Waals surface area contributed by atoms with Crippen LogP contribution in [0.1, 0.15) is 19.6 Å². The first-order valence-electron chi connectivity index (χ1n) is 9.46. The van der Waals surface area contributed by atoms with Gasteiger partial charge in [0.05, 0.1) is 19.3 Å². The number of aromatic nitrogens is 2. The molecule has 13 heteroatoms. The van der Waals surface area contributed by atoms with Crippen molar-refractivity contribution in [2.45, 2.75) is 44.1 Å². The Hall–Kier alpha value is -2.21. The summed E-state index contributed by atoms with van der Waals surface area (Å²) in [4.78, 5) is 19.7. The van der Waals surface area contributed by atoms with Crippen LogP contribution >= 0.6 is 7.75 Å². The van der Waals surface area contributed by atoms with Gasteiger partial charge in [0.2, 0.25) is 0 Å². The lowest BCUT2D eigenvalue weighted by Gasteiger charge is -2.30. The summed E-state index contributed by atoms with van der Waals surface area (Å²) in [6.45, 7) is 4.69. The van der Waals surface area contributed by atoms with Crippen LogP contribution in [0.5, 0.6) is 0 Å². The molecule has 1 aromatic heterocycles. The molecule has 0 aliphatic carbocycles. The van der Waals surface area contributed by atoms with Crippen LogP contribution in [0.2, 0.25) is 0 Å². The Kier molecular flexibility index (Phi) is 7.52. The molecule has 2 saturated heterocycles. The molecule has 0 saturated carbocycles. The largest absolute Gasteiger partial charge is 0.434 e. The minimum absolute atomic E-state index is 0.102. The zero-order chi connectivity index (χ0) is 22.6. The van der Waals surface area contributed by atoms with Crippen molar-refractivity contribution in [2.24, 2.45) is 4.99 Å². The van der Waals surface area contributed by atoms with Crippen molar-refractivity contribution in [1.29, 1.82) is 0 Å². The Labute approximate surface area is 177 Å². The van der Waals surface area contributed by atoms with Crippen LogP contribution in [0.25, 0.3) is 0 Å². The highest BCUT2D eigenvalue weighted by atomic mass is 31.2. The maximum atomic E-state index is 14.3. The lowest BCUT2D eigenvalue weighted by atomic mass is 10.1. The van der Waals surface area contributed by atoms with Gasteiger partial charge in [-0.05, 0) is 31.4 Å². The highest BCUT2D eigenvalue weighted by Crippen LogP contribution is 2.52. The molecule has 0 amide bonds. The topological polar surface area (TPSA) is 144 Å². The summed E-state index contributed by atoms with van der Waals surface area (Å²) in [5, 5.41) is 21.3. The lowest BCUT2D eigenvalue weighted by molar-refractivity contribution is -0.0490. The molecule has 3 rings (SSSR count). The van der Waals surface area contributed by atoms with Crippen molar-refractivity contribution in [3.8, 4) is 0 Å². The standard InChI is InChI=1S/C18H24FN4O7P/c1-11(4-3-7-20-2)12-6-9-28-31(27,30-12)22-14-5-8-23(18(26)21-14)17-15(19)16(25)13(10-24)29-17/h3-5,7-8,12-13,15-17,24-25H,2,6,9-10H2,1H3,(H,21,22,26,27)/b7-3-,11-4+/t12?,13-,15?,16?,17-,31?/m1/s1. The van der Waals surface area contributed by atoms with E-state index in [4.69, 9.17) is 18.9 Å². The van der Waals surface area contributed by atoms with Crippen LogP contribution in [-0.4, -0.2) is 64.2 Å². The molecule has 3 N–H and O–H groups in total. The Morgan fingerprint density at radius 1 is 1.58 bits per heavy atom. The van der Waals surface area contributed by atoms with E-state index < -0.39 is 50.8 Å². The van der Waals surface area contributed by atoms with Crippen LogP contribution in [0.4, 0.5) is 10.2 Å². The van der Waals surface area contributed by atoms with Crippen molar-refractivity contribution in [2.75, 3.05) is 18.3 Å². The van der Waals surface area contributed by atoms with Gasteiger partial charge in [-0.2, -0.15) is 4.98 Å². The fraction of sp³-hybridized carbons (Fsp3) is 0.500. The minimum atomic E-state index is -3.82. The zero-order valence-electron chi connectivity index (χ0n) is 16.7. The molecule has 1 aromatic rings. The Balaban J connectivity index is 1.73. The van der Waals surface area contributed by atoms with Crippen molar-refractivity contribution in [3.05, 3.63) is 46.7 Å². The number of rotatable bonds is 7. The maximum absolute atomic E-state index is 14.3. The second-order valence-corrected chi connectivity index (χ2v) is 8.63. The van der Waals surface area contributed by atoms with E-state index in [1.165, 1.54) is 18.5 Å². The fourth-order valence-electron chi connectivity index (χ4n) is 3.15. The molecule has 4 unspecified atom stereocenters. The molecule has 0 bridgehead atoms. The van der Waals surface area contributed by atoms with Gasteiger partial charge >= 0.3 is 13.4 Å². The first kappa shape index (κ1) is 23.5. The monoisotopic (exact) mass is 458 g/mol. The number of allylic oxidation sites excluding steroid dienone is 2. The first-order valence-corrected chi connectivity index (χ1v) is 11.0. The number of hydrogen-bond acceptors (Lipinski definition) is 9. The second-order valence-electron chi connectivity index (χ2n) is 6.95. The van der Waals surface area contributed by atoms with Gasteiger partial charge in [-0.25, -0.2) is 13.8 Å². The zero-order valence-corrected chi connectivity index (χ0v) is 17.6. The van der Waals surface area contributed by atoms with E-state index in [1.54, 1.807) is 19.1 Å². The second kappa shape index (κ2) is 9.94. The molecule has 0 radical (unpaired) electrons. The van der Waals surface area contributed by atoms with E-state index in [0.29, 0.717) is 6.42 Å². The molecule has 2 aliphatic heterocycles. The number of aliphatic hydroxyl groups is 2. The number of nitrogens with one attached hydrogen (secondary N) is 1. The van der Waals surface area contributed by atoms with E-state index in [9.17, 15) is 18.9 Å². The van der Waals surface area contributed by atoms with Crippen LogP contribution in [0.15, 0.2) is 46.0 Å². The average Bonchev–Trinajstić information content (AvgIpc) is 3.02. The number of aliphatic imine (C=N–C) groups is 1. The predicted octanol–water partition coefficient (Wildman–Crippen LogP) is 1.32. The molecular weight excluding hydrogens is 434 g/mol. The van der Waals surface area contributed by atoms with Gasteiger partial charge in [0, 0.05) is 18.8 Å². The Morgan fingerprint density at radius 2 is 2.35 bits per heavy atom. The molecule has 11 nitrogen and oxygen atoms in total. The molecule has 31 heavy (non-hydrogen) atoms. The summed E-state index contributed by atoms with van der Waals surface area (Å²) < 4.78 is 44.1. The van der Waals surface area contributed by atoms with Crippen LogP contribution in [-0.2, 0) is 18.3 Å². The van der Waals surface area contributed by atoms with Crippen molar-refractivity contribution < 1.29 is 33.0 Å². The summed E-state index contributed by atoms with van der Waals surface area (Å²) in [6, 6.07) is 1.27. The van der Waals surface area contributed by atoms with Crippen molar-refractivity contribution in [1.82, 2.24) is 9.55 Å². The van der Waals surface area contributed by atoms with Gasteiger partial charge in [-0.1, -0.05) is 6.08 Å². The number of alkyl halides is 1. The third-order valence-corrected chi connectivity index (χ3v) is 6.35. The van der Waals surface area contributed by atoms with Crippen LogP contribution in [0, 0.1) is 0 Å². The van der Waals surface area contributed by atoms with E-state index in [2.05, 4.69) is 21.8 Å². The van der Waals surface area contributed by atoms with E-state index in [1.807, 2.05) is 0 Å². The van der Waals surface area contributed by atoms with Crippen molar-refractivity contribution in [3.63, 3.8) is 0 Å². The highest BCUT2D eigenvalue weighted by molar-refractivity contribution is 7.55. The van der Waals surface area contributed by atoms with Gasteiger partial charge in [0.1, 0.15) is 18.0 Å². The third kappa shape index (κ3) is 5.35. The molecule has 2 aliphatic rings. The van der Waals surface area contributed by atoms with E-state index in [0.717, 1.165) is 10.1 Å². The third-order valence-electron chi connectivity index (χ3n) is 4.80.